The van der Waals surface area contributed by atoms with E-state index in [-0.39, 0.29) is 38.3 Å². The van der Waals surface area contributed by atoms with Gasteiger partial charge in [-0.25, -0.2) is 9.59 Å². The molecule has 38 heavy (non-hydrogen) atoms. The first-order valence-electron chi connectivity index (χ1n) is 12.6. The summed E-state index contributed by atoms with van der Waals surface area (Å²) >= 11 is 0. The van der Waals surface area contributed by atoms with Crippen molar-refractivity contribution in [1.29, 1.82) is 0 Å². The molecule has 8 nitrogen and oxygen atoms in total. The maximum absolute atomic E-state index is 12.8. The van der Waals surface area contributed by atoms with E-state index >= 15 is 0 Å². The van der Waals surface area contributed by atoms with Crippen LogP contribution in [0.15, 0.2) is 72.8 Å². The second-order valence-electron chi connectivity index (χ2n) is 8.99. The third kappa shape index (κ3) is 6.51. The first kappa shape index (κ1) is 27.6. The smallest absolute Gasteiger partial charge is 0.407 e. The number of amides is 1. The summed E-state index contributed by atoms with van der Waals surface area (Å²) < 4.78 is 28.9. The van der Waals surface area contributed by atoms with Crippen LogP contribution in [-0.2, 0) is 35.7 Å². The van der Waals surface area contributed by atoms with Crippen molar-refractivity contribution in [3.05, 3.63) is 95.1 Å². The number of nitrogens with one attached hydrogen (secondary N) is 1. The summed E-state index contributed by atoms with van der Waals surface area (Å²) in [5.41, 5.74) is 5.83. The molecule has 3 aromatic rings. The minimum absolute atomic E-state index is 0.0639. The highest BCUT2D eigenvalue weighted by Crippen LogP contribution is 2.51. The largest absolute Gasteiger partial charge is 0.480 e. The second-order valence-corrected chi connectivity index (χ2v) is 11.0. The summed E-state index contributed by atoms with van der Waals surface area (Å²) in [5, 5.41) is 12.2. The number of alkyl carbamates (subject to hydrolysis) is 1. The number of carbonyl (C=O) groups is 2. The van der Waals surface area contributed by atoms with Crippen molar-refractivity contribution in [3.63, 3.8) is 0 Å². The van der Waals surface area contributed by atoms with E-state index in [1.165, 1.54) is 0 Å². The van der Waals surface area contributed by atoms with E-state index in [0.717, 1.165) is 27.8 Å². The maximum atomic E-state index is 12.8. The molecule has 0 unspecified atom stereocenters. The average Bonchev–Trinajstić information content (AvgIpc) is 3.22. The standard InChI is InChI=1S/C29H32NO7P/c1-3-36-38(34,37-4-2)19-21-15-13-20(14-16-21)17-27(28(31)32)30-29(33)35-18-26-24-11-7-5-9-22(24)23-10-6-8-12-25(23)26/h5-16,26-27H,3-4,17-19H2,1-2H3,(H,30,33)(H,31,32)/t27-/m0/s1. The fraction of sp³-hybridized carbons (Fsp3) is 0.310. The van der Waals surface area contributed by atoms with Crippen LogP contribution in [0, 0.1) is 0 Å². The number of hydrogen-bond acceptors (Lipinski definition) is 6. The molecule has 2 N–H and O–H groups in total. The van der Waals surface area contributed by atoms with Crippen molar-refractivity contribution in [2.24, 2.45) is 0 Å². The van der Waals surface area contributed by atoms with Crippen LogP contribution in [0.2, 0.25) is 0 Å². The third-order valence-corrected chi connectivity index (χ3v) is 8.48. The van der Waals surface area contributed by atoms with Crippen LogP contribution in [0.3, 0.4) is 0 Å². The van der Waals surface area contributed by atoms with E-state index in [1.807, 2.05) is 48.5 Å². The quantitative estimate of drug-likeness (QED) is 0.273. The molecule has 1 aliphatic carbocycles. The van der Waals surface area contributed by atoms with Crippen LogP contribution in [0.25, 0.3) is 11.1 Å². The lowest BCUT2D eigenvalue weighted by atomic mass is 9.98. The Balaban J connectivity index is 1.36. The van der Waals surface area contributed by atoms with Gasteiger partial charge in [0, 0.05) is 12.3 Å². The molecular formula is C29H32NO7P. The highest BCUT2D eigenvalue weighted by Gasteiger charge is 2.30. The molecular weight excluding hydrogens is 505 g/mol. The fourth-order valence-corrected chi connectivity index (χ4v) is 6.45. The normalized spacial score (nSPS) is 13.4. The van der Waals surface area contributed by atoms with Gasteiger partial charge in [-0.3, -0.25) is 4.57 Å². The van der Waals surface area contributed by atoms with E-state index < -0.39 is 25.7 Å². The molecule has 0 saturated carbocycles. The van der Waals surface area contributed by atoms with E-state index in [4.69, 9.17) is 13.8 Å². The SMILES string of the molecule is CCOP(=O)(Cc1ccc(C[C@H](NC(=O)OCC2c3ccccc3-c3ccccc32)C(=O)O)cc1)OCC. The Morgan fingerprint density at radius 2 is 1.39 bits per heavy atom. The Labute approximate surface area is 222 Å². The van der Waals surface area contributed by atoms with E-state index in [0.29, 0.717) is 5.56 Å². The van der Waals surface area contributed by atoms with Gasteiger partial charge in [-0.05, 0) is 47.2 Å². The molecule has 0 aliphatic heterocycles. The molecule has 9 heteroatoms. The first-order chi connectivity index (χ1) is 18.3. The van der Waals surface area contributed by atoms with Crippen LogP contribution < -0.4 is 5.32 Å². The molecule has 4 rings (SSSR count). The number of carbonyl (C=O) groups excluding carboxylic acids is 1. The monoisotopic (exact) mass is 537 g/mol. The summed E-state index contributed by atoms with van der Waals surface area (Å²) in [5.74, 6) is -1.28. The van der Waals surface area contributed by atoms with Crippen molar-refractivity contribution >= 4 is 19.7 Å². The van der Waals surface area contributed by atoms with Crippen molar-refractivity contribution in [2.75, 3.05) is 19.8 Å². The van der Waals surface area contributed by atoms with Crippen molar-refractivity contribution < 1.29 is 33.0 Å². The molecule has 200 valence electrons. The number of benzene rings is 3. The van der Waals surface area contributed by atoms with Gasteiger partial charge in [-0.15, -0.1) is 0 Å². The number of ether oxygens (including phenoxy) is 1. The number of aliphatic carboxylic acids is 1. The Bertz CT molecular complexity index is 1270. The third-order valence-electron chi connectivity index (χ3n) is 6.42. The number of carboxylic acid groups (broad SMARTS) is 1. The van der Waals surface area contributed by atoms with Crippen molar-refractivity contribution in [3.8, 4) is 11.1 Å². The highest BCUT2D eigenvalue weighted by molar-refractivity contribution is 7.53. The minimum atomic E-state index is -3.24. The van der Waals surface area contributed by atoms with Crippen molar-refractivity contribution in [1.82, 2.24) is 5.32 Å². The Kier molecular flexibility index (Phi) is 9.00. The summed E-state index contributed by atoms with van der Waals surface area (Å²) in [4.78, 5) is 24.5. The van der Waals surface area contributed by atoms with Crippen LogP contribution in [0.5, 0.6) is 0 Å². The number of fused-ring (bicyclic) bond motifs is 3. The Hall–Kier alpha value is -3.45. The van der Waals surface area contributed by atoms with Gasteiger partial charge in [0.15, 0.2) is 0 Å². The highest BCUT2D eigenvalue weighted by atomic mass is 31.2. The van der Waals surface area contributed by atoms with Gasteiger partial charge in [-0.1, -0.05) is 72.8 Å². The second kappa shape index (κ2) is 12.4. The molecule has 1 aliphatic rings. The molecule has 0 saturated heterocycles. The molecule has 0 bridgehead atoms. The Morgan fingerprint density at radius 3 is 1.92 bits per heavy atom. The lowest BCUT2D eigenvalue weighted by Gasteiger charge is -2.18. The molecule has 0 aromatic heterocycles. The van der Waals surface area contributed by atoms with E-state index in [1.54, 1.807) is 38.1 Å². The van der Waals surface area contributed by atoms with Gasteiger partial charge in [0.05, 0.1) is 19.4 Å². The van der Waals surface area contributed by atoms with Gasteiger partial charge >= 0.3 is 19.7 Å². The number of rotatable bonds is 12. The molecule has 3 aromatic carbocycles. The Morgan fingerprint density at radius 1 is 0.868 bits per heavy atom. The summed E-state index contributed by atoms with van der Waals surface area (Å²) in [6.07, 6.45) is -0.603. The first-order valence-corrected chi connectivity index (χ1v) is 14.4. The van der Waals surface area contributed by atoms with Gasteiger partial charge in [0.1, 0.15) is 12.6 Å². The van der Waals surface area contributed by atoms with Crippen LogP contribution in [0.1, 0.15) is 42.0 Å². The lowest BCUT2D eigenvalue weighted by molar-refractivity contribution is -0.139. The average molecular weight is 538 g/mol. The van der Waals surface area contributed by atoms with Crippen molar-refractivity contribution in [2.45, 2.75) is 38.4 Å². The fourth-order valence-electron chi connectivity index (χ4n) is 4.74. The van der Waals surface area contributed by atoms with Crippen LogP contribution in [0.4, 0.5) is 4.79 Å². The molecule has 0 fully saturated rings. The zero-order valence-electron chi connectivity index (χ0n) is 21.5. The lowest BCUT2D eigenvalue weighted by Crippen LogP contribution is -2.42. The summed E-state index contributed by atoms with van der Waals surface area (Å²) in [7, 11) is -3.24. The summed E-state index contributed by atoms with van der Waals surface area (Å²) in [6.45, 7) is 4.16. The van der Waals surface area contributed by atoms with Gasteiger partial charge < -0.3 is 24.2 Å². The predicted molar refractivity (Wildman–Crippen MR) is 144 cm³/mol. The zero-order valence-corrected chi connectivity index (χ0v) is 22.4. The summed E-state index contributed by atoms with van der Waals surface area (Å²) in [6, 6.07) is 21.8. The van der Waals surface area contributed by atoms with E-state index in [2.05, 4.69) is 5.32 Å². The molecule has 1 atom stereocenters. The minimum Gasteiger partial charge on any atom is -0.480 e. The van der Waals surface area contributed by atoms with Crippen LogP contribution in [-0.4, -0.2) is 43.0 Å². The predicted octanol–water partition coefficient (Wildman–Crippen LogP) is 5.99. The maximum Gasteiger partial charge on any atom is 0.407 e. The van der Waals surface area contributed by atoms with Gasteiger partial charge in [-0.2, -0.15) is 0 Å². The number of carboxylic acids is 1. The zero-order chi connectivity index (χ0) is 27.1. The van der Waals surface area contributed by atoms with E-state index in [9.17, 15) is 19.3 Å². The molecule has 1 amide bonds. The molecule has 0 heterocycles. The van der Waals surface area contributed by atoms with Crippen LogP contribution >= 0.6 is 7.60 Å². The van der Waals surface area contributed by atoms with Gasteiger partial charge in [0.25, 0.3) is 0 Å². The number of hydrogen-bond donors (Lipinski definition) is 2. The molecule has 0 spiro atoms. The topological polar surface area (TPSA) is 111 Å². The van der Waals surface area contributed by atoms with Gasteiger partial charge in [0.2, 0.25) is 0 Å². The molecule has 0 radical (unpaired) electrons.